The van der Waals surface area contributed by atoms with Crippen LogP contribution in [0.2, 0.25) is 0 Å². The topological polar surface area (TPSA) is 65.1 Å². The van der Waals surface area contributed by atoms with Crippen LogP contribution >= 0.6 is 0 Å². The first-order valence-corrected chi connectivity index (χ1v) is 10.8. The summed E-state index contributed by atoms with van der Waals surface area (Å²) >= 11 is 0. The zero-order valence-corrected chi connectivity index (χ0v) is 17.4. The first-order chi connectivity index (χ1) is 13.5. The first-order valence-electron chi connectivity index (χ1n) is 9.35. The van der Waals surface area contributed by atoms with Crippen LogP contribution in [0.1, 0.15) is 30.7 Å². The fourth-order valence-electron chi connectivity index (χ4n) is 3.60. The Morgan fingerprint density at radius 2 is 1.57 bits per heavy atom. The van der Waals surface area contributed by atoms with Gasteiger partial charge in [0.2, 0.25) is 10.0 Å². The molecular formula is C21H27NO5S. The van der Waals surface area contributed by atoms with Gasteiger partial charge in [-0.05, 0) is 48.6 Å². The van der Waals surface area contributed by atoms with E-state index in [0.717, 1.165) is 30.6 Å². The number of sulfonamides is 1. The van der Waals surface area contributed by atoms with Gasteiger partial charge in [0.15, 0.2) is 0 Å². The number of hydrogen-bond acceptors (Lipinski definition) is 5. The number of ether oxygens (including phenoxy) is 3. The van der Waals surface area contributed by atoms with E-state index < -0.39 is 10.0 Å². The Morgan fingerprint density at radius 3 is 2.21 bits per heavy atom. The highest BCUT2D eigenvalue weighted by atomic mass is 32.2. The monoisotopic (exact) mass is 405 g/mol. The van der Waals surface area contributed by atoms with Crippen molar-refractivity contribution in [1.82, 2.24) is 4.31 Å². The van der Waals surface area contributed by atoms with E-state index in [9.17, 15) is 8.42 Å². The smallest absolute Gasteiger partial charge is 0.246 e. The second-order valence-corrected chi connectivity index (χ2v) is 8.75. The fraction of sp³-hybridized carbons (Fsp3) is 0.429. The molecule has 2 aromatic carbocycles. The molecule has 3 rings (SSSR count). The van der Waals surface area contributed by atoms with Gasteiger partial charge in [0.1, 0.15) is 22.1 Å². The third-order valence-electron chi connectivity index (χ3n) is 5.21. The highest BCUT2D eigenvalue weighted by Crippen LogP contribution is 2.34. The van der Waals surface area contributed by atoms with E-state index in [0.29, 0.717) is 24.6 Å². The van der Waals surface area contributed by atoms with Crippen molar-refractivity contribution in [1.29, 1.82) is 0 Å². The zero-order valence-electron chi connectivity index (χ0n) is 16.6. The van der Waals surface area contributed by atoms with Crippen molar-refractivity contribution in [3.63, 3.8) is 0 Å². The molecular weight excluding hydrogens is 378 g/mol. The molecule has 1 aliphatic rings. The van der Waals surface area contributed by atoms with Crippen LogP contribution in [0.25, 0.3) is 0 Å². The Hall–Kier alpha value is -2.25. The third-order valence-corrected chi connectivity index (χ3v) is 7.10. The summed E-state index contributed by atoms with van der Waals surface area (Å²) in [6, 6.07) is 12.7. The van der Waals surface area contributed by atoms with Gasteiger partial charge in [-0.15, -0.1) is 0 Å². The van der Waals surface area contributed by atoms with Crippen LogP contribution in [0.4, 0.5) is 0 Å². The summed E-state index contributed by atoms with van der Waals surface area (Å²) in [6.45, 7) is 0.935. The lowest BCUT2D eigenvalue weighted by atomic mass is 9.94. The molecule has 6 nitrogen and oxygen atoms in total. The molecule has 2 aromatic rings. The zero-order chi connectivity index (χ0) is 20.1. The van der Waals surface area contributed by atoms with Crippen molar-refractivity contribution in [2.45, 2.75) is 30.1 Å². The average molecular weight is 406 g/mol. The highest BCUT2D eigenvalue weighted by Gasteiger charge is 2.32. The maximum atomic E-state index is 13.4. The Bertz CT molecular complexity index is 896. The summed E-state index contributed by atoms with van der Waals surface area (Å²) in [7, 11) is 0.918. The number of methoxy groups -OCH3 is 3. The van der Waals surface area contributed by atoms with Gasteiger partial charge in [0.25, 0.3) is 0 Å². The van der Waals surface area contributed by atoms with Crippen molar-refractivity contribution in [2.24, 2.45) is 0 Å². The molecule has 1 heterocycles. The van der Waals surface area contributed by atoms with Crippen molar-refractivity contribution in [3.05, 3.63) is 48.0 Å². The normalized spacial score (nSPS) is 18.3. The number of benzene rings is 2. The molecule has 1 saturated heterocycles. The van der Waals surface area contributed by atoms with E-state index in [1.165, 1.54) is 20.3 Å². The van der Waals surface area contributed by atoms with E-state index in [1.807, 2.05) is 24.3 Å². The van der Waals surface area contributed by atoms with E-state index in [-0.39, 0.29) is 10.8 Å². The molecule has 1 fully saturated rings. The molecule has 0 radical (unpaired) electrons. The second-order valence-electron chi connectivity index (χ2n) is 6.85. The molecule has 0 spiro atoms. The van der Waals surface area contributed by atoms with E-state index in [4.69, 9.17) is 14.2 Å². The van der Waals surface area contributed by atoms with Crippen LogP contribution in [0, 0.1) is 0 Å². The number of rotatable bonds is 6. The highest BCUT2D eigenvalue weighted by molar-refractivity contribution is 7.89. The molecule has 0 amide bonds. The van der Waals surface area contributed by atoms with Crippen LogP contribution in [0.5, 0.6) is 17.2 Å². The largest absolute Gasteiger partial charge is 0.497 e. The lowest BCUT2D eigenvalue weighted by molar-refractivity contribution is 0.379. The minimum Gasteiger partial charge on any atom is -0.497 e. The van der Waals surface area contributed by atoms with Crippen LogP contribution in [0.3, 0.4) is 0 Å². The third kappa shape index (κ3) is 4.25. The molecule has 7 heteroatoms. The van der Waals surface area contributed by atoms with Gasteiger partial charge in [0.05, 0.1) is 21.3 Å². The summed E-state index contributed by atoms with van der Waals surface area (Å²) in [6.07, 6.45) is 2.77. The first kappa shape index (κ1) is 20.5. The Kier molecular flexibility index (Phi) is 6.46. The predicted molar refractivity (Wildman–Crippen MR) is 108 cm³/mol. The molecule has 152 valence electrons. The van der Waals surface area contributed by atoms with Crippen molar-refractivity contribution in [2.75, 3.05) is 34.4 Å². The fourth-order valence-corrected chi connectivity index (χ4v) is 5.29. The summed E-state index contributed by atoms with van der Waals surface area (Å²) in [5.74, 6) is 1.75. The molecule has 1 unspecified atom stereocenters. The minimum absolute atomic E-state index is 0.139. The molecule has 1 aliphatic heterocycles. The lowest BCUT2D eigenvalue weighted by Gasteiger charge is -2.25. The molecule has 0 N–H and O–H groups in total. The van der Waals surface area contributed by atoms with E-state index in [1.54, 1.807) is 23.5 Å². The van der Waals surface area contributed by atoms with Crippen molar-refractivity contribution in [3.8, 4) is 17.2 Å². The number of hydrogen-bond donors (Lipinski definition) is 0. The maximum Gasteiger partial charge on any atom is 0.246 e. The van der Waals surface area contributed by atoms with E-state index >= 15 is 0 Å². The van der Waals surface area contributed by atoms with Gasteiger partial charge in [-0.1, -0.05) is 18.6 Å². The Balaban J connectivity index is 1.92. The van der Waals surface area contributed by atoms with Crippen molar-refractivity contribution >= 4 is 10.0 Å². The van der Waals surface area contributed by atoms with Crippen LogP contribution in [-0.4, -0.2) is 47.1 Å². The Labute approximate surface area is 167 Å². The summed E-state index contributed by atoms with van der Waals surface area (Å²) in [5, 5.41) is 0. The van der Waals surface area contributed by atoms with Gasteiger partial charge in [-0.2, -0.15) is 4.31 Å². The molecule has 1 atom stereocenters. The lowest BCUT2D eigenvalue weighted by Crippen LogP contribution is -2.34. The summed E-state index contributed by atoms with van der Waals surface area (Å²) in [5.41, 5.74) is 1.13. The van der Waals surface area contributed by atoms with E-state index in [2.05, 4.69) is 0 Å². The molecule has 0 saturated carbocycles. The molecule has 0 bridgehead atoms. The van der Waals surface area contributed by atoms with Gasteiger partial charge >= 0.3 is 0 Å². The predicted octanol–water partition coefficient (Wildman–Crippen LogP) is 3.67. The van der Waals surface area contributed by atoms with Crippen LogP contribution < -0.4 is 14.2 Å². The Morgan fingerprint density at radius 1 is 0.893 bits per heavy atom. The summed E-state index contributed by atoms with van der Waals surface area (Å²) < 4.78 is 44.2. The average Bonchev–Trinajstić information content (AvgIpc) is 3.00. The van der Waals surface area contributed by atoms with Crippen molar-refractivity contribution < 1.29 is 22.6 Å². The van der Waals surface area contributed by atoms with Crippen LogP contribution in [-0.2, 0) is 10.0 Å². The molecule has 0 aliphatic carbocycles. The SMILES string of the molecule is COc1ccc(C2CCCCN(S(=O)(=O)c3cc(OC)ccc3OC)C2)cc1. The summed E-state index contributed by atoms with van der Waals surface area (Å²) in [4.78, 5) is 0.143. The second kappa shape index (κ2) is 8.84. The number of nitrogens with zero attached hydrogens (tertiary/aromatic N) is 1. The van der Waals surface area contributed by atoms with Gasteiger partial charge in [-0.3, -0.25) is 0 Å². The van der Waals surface area contributed by atoms with Gasteiger partial charge in [0, 0.05) is 19.2 Å². The minimum atomic E-state index is -3.71. The molecule has 0 aromatic heterocycles. The quantitative estimate of drug-likeness (QED) is 0.734. The van der Waals surface area contributed by atoms with Gasteiger partial charge < -0.3 is 14.2 Å². The molecule has 28 heavy (non-hydrogen) atoms. The standard InChI is InChI=1S/C21H27NO5S/c1-25-18-9-7-16(8-10-18)17-6-4-5-13-22(15-17)28(23,24)21-14-19(26-2)11-12-20(21)27-3/h7-12,14,17H,4-6,13,15H2,1-3H3. The van der Waals surface area contributed by atoms with Gasteiger partial charge in [-0.25, -0.2) is 8.42 Å². The van der Waals surface area contributed by atoms with Crippen LogP contribution in [0.15, 0.2) is 47.4 Å². The maximum absolute atomic E-state index is 13.4.